The minimum atomic E-state index is -4.10. The molecule has 0 aromatic heterocycles. The molecule has 0 unspecified atom stereocenters. The summed E-state index contributed by atoms with van der Waals surface area (Å²) in [5.41, 5.74) is 1.28. The highest BCUT2D eigenvalue weighted by molar-refractivity contribution is 7.89. The number of sulfonamides is 1. The zero-order chi connectivity index (χ0) is 29.5. The lowest BCUT2D eigenvalue weighted by Crippen LogP contribution is -2.52. The first-order valence-electron chi connectivity index (χ1n) is 13.2. The van der Waals surface area contributed by atoms with Gasteiger partial charge in [-0.05, 0) is 63.1 Å². The molecule has 0 heterocycles. The lowest BCUT2D eigenvalue weighted by molar-refractivity contribution is -0.129. The van der Waals surface area contributed by atoms with Crippen LogP contribution < -0.4 is 20.7 Å². The minimum Gasteiger partial charge on any atom is -0.352 e. The minimum absolute atomic E-state index is 0.0204. The molecule has 40 heavy (non-hydrogen) atoms. The van der Waals surface area contributed by atoms with Crippen molar-refractivity contribution in [1.82, 2.24) is 20.7 Å². The summed E-state index contributed by atoms with van der Waals surface area (Å²) in [5.74, 6) is -1.46. The van der Waals surface area contributed by atoms with Crippen molar-refractivity contribution in [1.29, 1.82) is 0 Å². The maximum absolute atomic E-state index is 13.2. The van der Waals surface area contributed by atoms with Gasteiger partial charge in [0.05, 0.1) is 11.3 Å². The van der Waals surface area contributed by atoms with Gasteiger partial charge < -0.3 is 16.0 Å². The van der Waals surface area contributed by atoms with Gasteiger partial charge in [-0.3, -0.25) is 14.4 Å². The molecule has 3 amide bonds. The zero-order valence-electron chi connectivity index (χ0n) is 23.6. The number of benzene rings is 3. The fraction of sp³-hybridized carbons (Fsp3) is 0.367. The number of carbonyl (C=O) groups is 3. The predicted molar refractivity (Wildman–Crippen MR) is 156 cm³/mol. The monoisotopic (exact) mass is 566 g/mol. The molecule has 0 spiro atoms. The van der Waals surface area contributed by atoms with Gasteiger partial charge in [0, 0.05) is 24.5 Å². The van der Waals surface area contributed by atoms with Crippen LogP contribution in [0.25, 0.3) is 10.8 Å². The first kappa shape index (κ1) is 30.8. The molecule has 9 nitrogen and oxygen atoms in total. The average Bonchev–Trinajstić information content (AvgIpc) is 2.86. The molecule has 0 radical (unpaired) electrons. The number of hydrogen-bond acceptors (Lipinski definition) is 5. The van der Waals surface area contributed by atoms with Crippen molar-refractivity contribution >= 4 is 38.5 Å². The van der Waals surface area contributed by atoms with Gasteiger partial charge in [0.25, 0.3) is 0 Å². The highest BCUT2D eigenvalue weighted by Gasteiger charge is 2.30. The number of hydrogen-bond donors (Lipinski definition) is 4. The highest BCUT2D eigenvalue weighted by Crippen LogP contribution is 2.18. The number of carbonyl (C=O) groups excluding carboxylic acids is 3. The number of fused-ring (bicyclic) bond motifs is 1. The Kier molecular flexibility index (Phi) is 10.1. The van der Waals surface area contributed by atoms with Gasteiger partial charge in [-0.2, -0.15) is 4.72 Å². The van der Waals surface area contributed by atoms with E-state index < -0.39 is 45.9 Å². The van der Waals surface area contributed by atoms with Gasteiger partial charge in [0.2, 0.25) is 27.7 Å². The largest absolute Gasteiger partial charge is 0.352 e. The Morgan fingerprint density at radius 1 is 0.850 bits per heavy atom. The quantitative estimate of drug-likeness (QED) is 0.283. The van der Waals surface area contributed by atoms with Gasteiger partial charge >= 0.3 is 0 Å². The van der Waals surface area contributed by atoms with Crippen molar-refractivity contribution in [3.8, 4) is 0 Å². The maximum Gasteiger partial charge on any atom is 0.241 e. The van der Waals surface area contributed by atoms with Crippen molar-refractivity contribution in [3.05, 3.63) is 77.9 Å². The Morgan fingerprint density at radius 2 is 1.50 bits per heavy atom. The Hall–Kier alpha value is -3.76. The summed E-state index contributed by atoms with van der Waals surface area (Å²) >= 11 is 0. The standard InChI is InChI=1S/C30H38N4O5S/c1-20-13-15-24(16-14-20)40(38,39)34-26(18-28(36)33-30(3,4)5)29(37)32-21(2)17-27(35)31-19-23-11-8-10-22-9-6-7-12-25(22)23/h6-16,21,26,34H,17-19H2,1-5H3,(H,31,35)(H,32,37)(H,33,36)/t21-,26-/m0/s1. The van der Waals surface area contributed by atoms with E-state index in [2.05, 4.69) is 20.7 Å². The Balaban J connectivity index is 1.65. The Bertz CT molecular complexity index is 1460. The lowest BCUT2D eigenvalue weighted by Gasteiger charge is -2.24. The third-order valence-electron chi connectivity index (χ3n) is 6.09. The van der Waals surface area contributed by atoms with Crippen LogP contribution in [0.1, 0.15) is 51.7 Å². The fourth-order valence-corrected chi connectivity index (χ4v) is 5.40. The van der Waals surface area contributed by atoms with E-state index in [9.17, 15) is 22.8 Å². The Morgan fingerprint density at radius 3 is 2.17 bits per heavy atom. The molecule has 3 aromatic rings. The van der Waals surface area contributed by atoms with E-state index in [0.717, 1.165) is 21.9 Å². The topological polar surface area (TPSA) is 133 Å². The normalized spacial score (nSPS) is 13.3. The van der Waals surface area contributed by atoms with Crippen LogP contribution in [-0.2, 0) is 31.0 Å². The molecule has 4 N–H and O–H groups in total. The fourth-order valence-electron chi connectivity index (χ4n) is 4.20. The molecule has 3 aromatic carbocycles. The second-order valence-electron chi connectivity index (χ2n) is 11.0. The summed E-state index contributed by atoms with van der Waals surface area (Å²) in [5, 5.41) is 10.4. The second-order valence-corrected chi connectivity index (χ2v) is 12.7. The first-order chi connectivity index (χ1) is 18.7. The van der Waals surface area contributed by atoms with Crippen LogP contribution in [0.3, 0.4) is 0 Å². The van der Waals surface area contributed by atoms with Crippen LogP contribution in [0.5, 0.6) is 0 Å². The van der Waals surface area contributed by atoms with E-state index in [0.29, 0.717) is 6.54 Å². The van der Waals surface area contributed by atoms with Crippen molar-refractivity contribution in [2.45, 2.75) is 76.5 Å². The van der Waals surface area contributed by atoms with Crippen LogP contribution in [0.2, 0.25) is 0 Å². The van der Waals surface area contributed by atoms with E-state index in [4.69, 9.17) is 0 Å². The number of nitrogens with one attached hydrogen (secondary N) is 4. The van der Waals surface area contributed by atoms with Crippen LogP contribution in [0.4, 0.5) is 0 Å². The molecule has 0 aliphatic carbocycles. The molecule has 0 aliphatic heterocycles. The van der Waals surface area contributed by atoms with E-state index >= 15 is 0 Å². The molecule has 0 saturated heterocycles. The smallest absolute Gasteiger partial charge is 0.241 e. The number of rotatable bonds is 11. The first-order valence-corrected chi connectivity index (χ1v) is 14.7. The summed E-state index contributed by atoms with van der Waals surface area (Å²) in [6, 6.07) is 17.9. The molecule has 0 fully saturated rings. The SMILES string of the molecule is Cc1ccc(S(=O)(=O)N[C@@H](CC(=O)NC(C)(C)C)C(=O)N[C@@H](C)CC(=O)NCc2cccc3ccccc23)cc1. The summed E-state index contributed by atoms with van der Waals surface area (Å²) < 4.78 is 28.4. The van der Waals surface area contributed by atoms with Crippen molar-refractivity contribution in [2.24, 2.45) is 0 Å². The van der Waals surface area contributed by atoms with E-state index in [-0.39, 0.29) is 17.2 Å². The van der Waals surface area contributed by atoms with Gasteiger partial charge in [-0.25, -0.2) is 8.42 Å². The molecule has 214 valence electrons. The van der Waals surface area contributed by atoms with E-state index in [1.807, 2.05) is 49.4 Å². The Labute approximate surface area is 236 Å². The van der Waals surface area contributed by atoms with Crippen LogP contribution >= 0.6 is 0 Å². The number of aryl methyl sites for hydroxylation is 1. The van der Waals surface area contributed by atoms with Crippen molar-refractivity contribution < 1.29 is 22.8 Å². The molecule has 0 aliphatic rings. The summed E-state index contributed by atoms with van der Waals surface area (Å²) in [6.07, 6.45) is -0.434. The number of amides is 3. The second kappa shape index (κ2) is 13.1. The molecule has 0 bridgehead atoms. The van der Waals surface area contributed by atoms with Crippen molar-refractivity contribution in [2.75, 3.05) is 0 Å². The molecule has 2 atom stereocenters. The van der Waals surface area contributed by atoms with Crippen LogP contribution in [0, 0.1) is 6.92 Å². The highest BCUT2D eigenvalue weighted by atomic mass is 32.2. The molecule has 0 saturated carbocycles. The van der Waals surface area contributed by atoms with Gasteiger partial charge in [-0.15, -0.1) is 0 Å². The molecular formula is C30H38N4O5S. The van der Waals surface area contributed by atoms with Crippen LogP contribution in [0.15, 0.2) is 71.6 Å². The maximum atomic E-state index is 13.2. The van der Waals surface area contributed by atoms with Crippen LogP contribution in [-0.4, -0.2) is 43.8 Å². The lowest BCUT2D eigenvalue weighted by atomic mass is 10.0. The van der Waals surface area contributed by atoms with E-state index in [1.165, 1.54) is 12.1 Å². The van der Waals surface area contributed by atoms with Crippen molar-refractivity contribution in [3.63, 3.8) is 0 Å². The summed E-state index contributed by atoms with van der Waals surface area (Å²) in [4.78, 5) is 38.4. The average molecular weight is 567 g/mol. The molecule has 3 rings (SSSR count). The summed E-state index contributed by atoms with van der Waals surface area (Å²) in [6.45, 7) is 9.17. The van der Waals surface area contributed by atoms with E-state index in [1.54, 1.807) is 39.8 Å². The predicted octanol–water partition coefficient (Wildman–Crippen LogP) is 3.31. The third-order valence-corrected chi connectivity index (χ3v) is 7.57. The summed E-state index contributed by atoms with van der Waals surface area (Å²) in [7, 11) is -4.10. The molecular weight excluding hydrogens is 528 g/mol. The third kappa shape index (κ3) is 9.17. The van der Waals surface area contributed by atoms with Gasteiger partial charge in [-0.1, -0.05) is 60.2 Å². The van der Waals surface area contributed by atoms with Gasteiger partial charge in [0.1, 0.15) is 6.04 Å². The van der Waals surface area contributed by atoms with Gasteiger partial charge in [0.15, 0.2) is 0 Å². The zero-order valence-corrected chi connectivity index (χ0v) is 24.4. The molecule has 10 heteroatoms.